The lowest BCUT2D eigenvalue weighted by molar-refractivity contribution is 0.0351. The Kier molecular flexibility index (Phi) is 4.89. The third-order valence-corrected chi connectivity index (χ3v) is 6.66. The van der Waals surface area contributed by atoms with Gasteiger partial charge < -0.3 is 9.64 Å². The lowest BCUT2D eigenvalue weighted by atomic mass is 9.81. The lowest BCUT2D eigenvalue weighted by Gasteiger charge is -2.43. The monoisotopic (exact) mass is 339 g/mol. The fraction of sp³-hybridized carbons (Fsp3) is 0.688. The predicted octanol–water partition coefficient (Wildman–Crippen LogP) is 1.35. The van der Waals surface area contributed by atoms with Crippen molar-refractivity contribution in [3.63, 3.8) is 0 Å². The van der Waals surface area contributed by atoms with E-state index >= 15 is 0 Å². The Morgan fingerprint density at radius 1 is 1.35 bits per heavy atom. The van der Waals surface area contributed by atoms with Gasteiger partial charge in [0.2, 0.25) is 10.0 Å². The van der Waals surface area contributed by atoms with Crippen LogP contribution in [0.5, 0.6) is 0 Å². The third-order valence-electron chi connectivity index (χ3n) is 4.84. The first-order valence-corrected chi connectivity index (χ1v) is 9.86. The number of hydrogen-bond acceptors (Lipinski definition) is 5. The molecule has 0 unspecified atom stereocenters. The Morgan fingerprint density at radius 3 is 2.96 bits per heavy atom. The largest absolute Gasteiger partial charge is 0.379 e. The molecule has 0 aliphatic carbocycles. The molecule has 23 heavy (non-hydrogen) atoms. The van der Waals surface area contributed by atoms with Crippen molar-refractivity contribution < 1.29 is 13.2 Å². The Balaban J connectivity index is 1.82. The number of pyridine rings is 1. The molecular weight excluding hydrogens is 314 g/mol. The zero-order valence-corrected chi connectivity index (χ0v) is 14.5. The maximum Gasteiger partial charge on any atom is 0.213 e. The minimum absolute atomic E-state index is 0.132. The van der Waals surface area contributed by atoms with Gasteiger partial charge in [-0.1, -0.05) is 0 Å². The lowest BCUT2D eigenvalue weighted by Crippen LogP contribution is -2.52. The molecule has 0 saturated carbocycles. The molecule has 2 saturated heterocycles. The molecule has 0 radical (unpaired) electrons. The first-order chi connectivity index (χ1) is 11.0. The highest BCUT2D eigenvalue weighted by Crippen LogP contribution is 2.35. The van der Waals surface area contributed by atoms with Gasteiger partial charge in [-0.15, -0.1) is 0 Å². The van der Waals surface area contributed by atoms with Crippen LogP contribution in [0.2, 0.25) is 0 Å². The van der Waals surface area contributed by atoms with E-state index < -0.39 is 10.0 Å². The highest BCUT2D eigenvalue weighted by atomic mass is 32.2. The van der Waals surface area contributed by atoms with Crippen molar-refractivity contribution in [3.8, 4) is 0 Å². The molecule has 128 valence electrons. The van der Waals surface area contributed by atoms with E-state index in [0.717, 1.165) is 31.6 Å². The number of anilines is 1. The maximum atomic E-state index is 12.3. The van der Waals surface area contributed by atoms with Gasteiger partial charge in [-0.3, -0.25) is 4.98 Å². The molecule has 3 heterocycles. The van der Waals surface area contributed by atoms with Crippen LogP contribution in [0.25, 0.3) is 0 Å². The van der Waals surface area contributed by atoms with Crippen molar-refractivity contribution in [3.05, 3.63) is 24.5 Å². The zero-order valence-electron chi connectivity index (χ0n) is 13.6. The fourth-order valence-electron chi connectivity index (χ4n) is 3.58. The molecule has 1 aromatic heterocycles. The van der Waals surface area contributed by atoms with E-state index in [1.807, 2.05) is 12.3 Å². The van der Waals surface area contributed by atoms with Gasteiger partial charge in [0, 0.05) is 37.8 Å². The summed E-state index contributed by atoms with van der Waals surface area (Å²) in [6.45, 7) is 5.81. The van der Waals surface area contributed by atoms with Crippen molar-refractivity contribution in [1.82, 2.24) is 9.29 Å². The minimum Gasteiger partial charge on any atom is -0.379 e. The van der Waals surface area contributed by atoms with Crippen molar-refractivity contribution in [2.75, 3.05) is 50.0 Å². The first-order valence-electron chi connectivity index (χ1n) is 8.25. The van der Waals surface area contributed by atoms with Gasteiger partial charge in [-0.25, -0.2) is 12.7 Å². The molecule has 0 bridgehead atoms. The quantitative estimate of drug-likeness (QED) is 0.832. The summed E-state index contributed by atoms with van der Waals surface area (Å²) in [7, 11) is -3.14. The van der Waals surface area contributed by atoms with Gasteiger partial charge in [0.05, 0.1) is 30.9 Å². The molecule has 7 heteroatoms. The summed E-state index contributed by atoms with van der Waals surface area (Å²) in [5.41, 5.74) is 0.945. The molecule has 1 spiro atoms. The topological polar surface area (TPSA) is 62.7 Å². The van der Waals surface area contributed by atoms with Crippen molar-refractivity contribution in [2.24, 2.45) is 5.41 Å². The smallest absolute Gasteiger partial charge is 0.213 e. The average molecular weight is 339 g/mol. The summed E-state index contributed by atoms with van der Waals surface area (Å²) in [4.78, 5) is 6.48. The summed E-state index contributed by atoms with van der Waals surface area (Å²) in [6.07, 6.45) is 5.52. The molecule has 0 amide bonds. The van der Waals surface area contributed by atoms with Crippen LogP contribution in [0, 0.1) is 5.41 Å². The Hall–Kier alpha value is -1.18. The van der Waals surface area contributed by atoms with Gasteiger partial charge in [0.15, 0.2) is 0 Å². The minimum atomic E-state index is -3.14. The maximum absolute atomic E-state index is 12.3. The standard InChI is InChI=1S/C16H25N3O3S/c1-2-23(20,21)19-8-4-6-16(13-19)12-18(9-10-22-14-16)15-5-3-7-17-11-15/h3,5,7,11H,2,4,6,8-10,12-14H2,1H3/t16-/m1/s1. The second-order valence-corrected chi connectivity index (χ2v) is 8.78. The van der Waals surface area contributed by atoms with Gasteiger partial charge in [-0.05, 0) is 31.9 Å². The van der Waals surface area contributed by atoms with Crippen LogP contribution >= 0.6 is 0 Å². The van der Waals surface area contributed by atoms with Crippen LogP contribution in [-0.2, 0) is 14.8 Å². The van der Waals surface area contributed by atoms with Crippen LogP contribution in [0.15, 0.2) is 24.5 Å². The van der Waals surface area contributed by atoms with E-state index in [0.29, 0.717) is 26.3 Å². The summed E-state index contributed by atoms with van der Waals surface area (Å²) < 4.78 is 32.1. The molecular formula is C16H25N3O3S. The molecule has 1 aromatic rings. The molecule has 2 aliphatic heterocycles. The van der Waals surface area contributed by atoms with E-state index in [1.54, 1.807) is 17.4 Å². The molecule has 2 aliphatic rings. The Labute approximate surface area is 138 Å². The first kappa shape index (κ1) is 16.7. The van der Waals surface area contributed by atoms with Gasteiger partial charge in [0.1, 0.15) is 0 Å². The van der Waals surface area contributed by atoms with E-state index in [4.69, 9.17) is 4.74 Å². The van der Waals surface area contributed by atoms with Gasteiger partial charge >= 0.3 is 0 Å². The molecule has 6 nitrogen and oxygen atoms in total. The summed E-state index contributed by atoms with van der Waals surface area (Å²) in [5, 5.41) is 0. The fourth-order valence-corrected chi connectivity index (χ4v) is 4.83. The number of ether oxygens (including phenoxy) is 1. The summed E-state index contributed by atoms with van der Waals surface area (Å²) in [5.74, 6) is 0.163. The Bertz CT molecular complexity index is 623. The van der Waals surface area contributed by atoms with Crippen molar-refractivity contribution in [2.45, 2.75) is 19.8 Å². The molecule has 0 N–H and O–H groups in total. The van der Waals surface area contributed by atoms with Crippen LogP contribution in [-0.4, -0.2) is 62.9 Å². The number of nitrogens with zero attached hydrogens (tertiary/aromatic N) is 3. The van der Waals surface area contributed by atoms with Crippen LogP contribution in [0.3, 0.4) is 0 Å². The summed E-state index contributed by atoms with van der Waals surface area (Å²) in [6, 6.07) is 3.98. The number of aromatic nitrogens is 1. The van der Waals surface area contributed by atoms with E-state index in [-0.39, 0.29) is 11.2 Å². The van der Waals surface area contributed by atoms with Crippen LogP contribution < -0.4 is 4.90 Å². The second kappa shape index (κ2) is 6.75. The molecule has 0 aromatic carbocycles. The predicted molar refractivity (Wildman–Crippen MR) is 90.0 cm³/mol. The van der Waals surface area contributed by atoms with Crippen molar-refractivity contribution in [1.29, 1.82) is 0 Å². The van der Waals surface area contributed by atoms with Crippen molar-refractivity contribution >= 4 is 15.7 Å². The zero-order chi connectivity index (χ0) is 16.3. The van der Waals surface area contributed by atoms with E-state index in [9.17, 15) is 8.42 Å². The summed E-state index contributed by atoms with van der Waals surface area (Å²) >= 11 is 0. The van der Waals surface area contributed by atoms with Crippen LogP contribution in [0.4, 0.5) is 5.69 Å². The third kappa shape index (κ3) is 3.67. The second-order valence-electron chi connectivity index (χ2n) is 6.52. The van der Waals surface area contributed by atoms with Gasteiger partial charge in [-0.2, -0.15) is 0 Å². The number of hydrogen-bond donors (Lipinski definition) is 0. The molecule has 3 rings (SSSR count). The number of rotatable bonds is 3. The molecule has 1 atom stereocenters. The number of sulfonamides is 1. The highest BCUT2D eigenvalue weighted by molar-refractivity contribution is 7.89. The van der Waals surface area contributed by atoms with Gasteiger partial charge in [0.25, 0.3) is 0 Å². The Morgan fingerprint density at radius 2 is 2.22 bits per heavy atom. The van der Waals surface area contributed by atoms with Crippen LogP contribution in [0.1, 0.15) is 19.8 Å². The molecule has 2 fully saturated rings. The van der Waals surface area contributed by atoms with E-state index in [1.165, 1.54) is 0 Å². The van der Waals surface area contributed by atoms with E-state index in [2.05, 4.69) is 16.0 Å². The highest BCUT2D eigenvalue weighted by Gasteiger charge is 2.41. The average Bonchev–Trinajstić information content (AvgIpc) is 2.78. The normalized spacial score (nSPS) is 27.1. The number of piperidine rings is 1. The SMILES string of the molecule is CCS(=O)(=O)N1CCC[C@]2(COCCN(c3cccnc3)C2)C1.